The zero-order chi connectivity index (χ0) is 16.9. The van der Waals surface area contributed by atoms with Crippen LogP contribution in [0.1, 0.15) is 39.5 Å². The number of carbonyl (C=O) groups is 1. The number of nitrogens with one attached hydrogen (secondary N) is 2. The summed E-state index contributed by atoms with van der Waals surface area (Å²) >= 11 is 0. The van der Waals surface area contributed by atoms with Crippen molar-refractivity contribution in [2.24, 2.45) is 0 Å². The summed E-state index contributed by atoms with van der Waals surface area (Å²) in [4.78, 5) is 14.0. The minimum atomic E-state index is -3.52. The minimum Gasteiger partial charge on any atom is -0.325 e. The Morgan fingerprint density at radius 1 is 1.22 bits per heavy atom. The van der Waals surface area contributed by atoms with E-state index in [0.29, 0.717) is 5.69 Å². The summed E-state index contributed by atoms with van der Waals surface area (Å²) in [5.74, 6) is 0. The van der Waals surface area contributed by atoms with Gasteiger partial charge in [-0.05, 0) is 50.5 Å². The summed E-state index contributed by atoms with van der Waals surface area (Å²) in [6.45, 7) is 5.42. The lowest BCUT2D eigenvalue weighted by Gasteiger charge is -2.16. The van der Waals surface area contributed by atoms with Gasteiger partial charge in [0, 0.05) is 24.8 Å². The summed E-state index contributed by atoms with van der Waals surface area (Å²) in [5.41, 5.74) is 0.599. The van der Waals surface area contributed by atoms with Crippen LogP contribution in [-0.2, 0) is 10.0 Å². The zero-order valence-corrected chi connectivity index (χ0v) is 14.5. The van der Waals surface area contributed by atoms with Gasteiger partial charge in [-0.3, -0.25) is 0 Å². The van der Waals surface area contributed by atoms with E-state index in [1.807, 2.05) is 13.8 Å². The lowest BCUT2D eigenvalue weighted by molar-refractivity contribution is 0.222. The van der Waals surface area contributed by atoms with Crippen LogP contribution >= 0.6 is 0 Å². The number of sulfonamides is 1. The van der Waals surface area contributed by atoms with Gasteiger partial charge in [-0.25, -0.2) is 17.9 Å². The number of likely N-dealkylation sites (tertiary alicyclic amines) is 1. The Hall–Kier alpha value is -1.60. The molecule has 1 atom stereocenters. The molecule has 2 rings (SSSR count). The molecule has 1 saturated heterocycles. The Morgan fingerprint density at radius 3 is 2.39 bits per heavy atom. The molecule has 1 aromatic rings. The molecule has 1 aliphatic rings. The predicted octanol–water partition coefficient (Wildman–Crippen LogP) is 2.78. The average Bonchev–Trinajstić information content (AvgIpc) is 3.01. The van der Waals surface area contributed by atoms with E-state index in [9.17, 15) is 13.2 Å². The van der Waals surface area contributed by atoms with Crippen LogP contribution in [0.4, 0.5) is 10.5 Å². The first-order valence-corrected chi connectivity index (χ1v) is 9.59. The molecule has 0 bridgehead atoms. The van der Waals surface area contributed by atoms with Gasteiger partial charge >= 0.3 is 6.03 Å². The van der Waals surface area contributed by atoms with Gasteiger partial charge in [0.15, 0.2) is 0 Å². The second kappa shape index (κ2) is 7.79. The molecule has 2 N–H and O–H groups in total. The molecule has 0 unspecified atom stereocenters. The van der Waals surface area contributed by atoms with Crippen molar-refractivity contribution >= 4 is 21.7 Å². The number of benzene rings is 1. The van der Waals surface area contributed by atoms with E-state index < -0.39 is 10.0 Å². The average molecular weight is 339 g/mol. The van der Waals surface area contributed by atoms with Crippen molar-refractivity contribution in [3.05, 3.63) is 24.3 Å². The monoisotopic (exact) mass is 339 g/mol. The topological polar surface area (TPSA) is 78.5 Å². The van der Waals surface area contributed by atoms with E-state index in [-0.39, 0.29) is 17.0 Å². The molecule has 23 heavy (non-hydrogen) atoms. The highest BCUT2D eigenvalue weighted by Crippen LogP contribution is 2.16. The predicted molar refractivity (Wildman–Crippen MR) is 91.0 cm³/mol. The fraction of sp³-hybridized carbons (Fsp3) is 0.562. The minimum absolute atomic E-state index is 0.0976. The van der Waals surface area contributed by atoms with Gasteiger partial charge in [-0.2, -0.15) is 0 Å². The fourth-order valence-electron chi connectivity index (χ4n) is 2.67. The van der Waals surface area contributed by atoms with Crippen molar-refractivity contribution in [1.29, 1.82) is 0 Å². The fourth-order valence-corrected chi connectivity index (χ4v) is 3.94. The highest BCUT2D eigenvalue weighted by Gasteiger charge is 2.19. The lowest BCUT2D eigenvalue weighted by atomic mass is 10.2. The molecule has 1 heterocycles. The van der Waals surface area contributed by atoms with E-state index in [0.717, 1.165) is 38.8 Å². The summed E-state index contributed by atoms with van der Waals surface area (Å²) in [7, 11) is -3.52. The Kier molecular flexibility index (Phi) is 6.01. The quantitative estimate of drug-likeness (QED) is 0.836. The molecule has 0 radical (unpaired) electrons. The van der Waals surface area contributed by atoms with Crippen LogP contribution in [0.15, 0.2) is 29.2 Å². The summed E-state index contributed by atoms with van der Waals surface area (Å²) < 4.78 is 27.2. The number of urea groups is 1. The van der Waals surface area contributed by atoms with Gasteiger partial charge in [0.1, 0.15) is 0 Å². The third kappa shape index (κ3) is 4.94. The summed E-state index contributed by atoms with van der Waals surface area (Å²) in [6, 6.07) is 6.04. The second-order valence-corrected chi connectivity index (χ2v) is 7.67. The Balaban J connectivity index is 1.99. The van der Waals surface area contributed by atoms with Crippen LogP contribution in [-0.4, -0.2) is 38.5 Å². The first-order valence-electron chi connectivity index (χ1n) is 8.10. The maximum absolute atomic E-state index is 12.3. The van der Waals surface area contributed by atoms with Crippen molar-refractivity contribution in [2.45, 2.75) is 50.5 Å². The molecule has 0 saturated carbocycles. The first-order chi connectivity index (χ1) is 10.9. The molecular weight excluding hydrogens is 314 g/mol. The molecule has 0 aromatic heterocycles. The van der Waals surface area contributed by atoms with Gasteiger partial charge < -0.3 is 10.2 Å². The first kappa shape index (κ1) is 17.7. The number of nitrogens with zero attached hydrogens (tertiary/aromatic N) is 1. The number of hydrogen-bond acceptors (Lipinski definition) is 3. The van der Waals surface area contributed by atoms with Gasteiger partial charge in [0.2, 0.25) is 10.0 Å². The van der Waals surface area contributed by atoms with Crippen molar-refractivity contribution in [1.82, 2.24) is 9.62 Å². The molecule has 0 spiro atoms. The summed E-state index contributed by atoms with van der Waals surface area (Å²) in [5, 5.41) is 2.80. The smallest absolute Gasteiger partial charge is 0.321 e. The van der Waals surface area contributed by atoms with Crippen LogP contribution in [0.5, 0.6) is 0 Å². The number of amides is 2. The molecule has 128 valence electrons. The van der Waals surface area contributed by atoms with E-state index >= 15 is 0 Å². The van der Waals surface area contributed by atoms with Gasteiger partial charge in [-0.15, -0.1) is 0 Å². The number of hydrogen-bond donors (Lipinski definition) is 2. The highest BCUT2D eigenvalue weighted by atomic mass is 32.2. The Morgan fingerprint density at radius 2 is 1.83 bits per heavy atom. The van der Waals surface area contributed by atoms with Crippen molar-refractivity contribution < 1.29 is 13.2 Å². The molecule has 1 aromatic carbocycles. The van der Waals surface area contributed by atoms with Gasteiger partial charge in [0.25, 0.3) is 0 Å². The molecule has 1 aliphatic heterocycles. The third-order valence-corrected chi connectivity index (χ3v) is 5.49. The molecule has 2 amide bonds. The second-order valence-electron chi connectivity index (χ2n) is 5.96. The number of carbonyl (C=O) groups excluding carboxylic acids is 1. The summed E-state index contributed by atoms with van der Waals surface area (Å²) in [6.07, 6.45) is 3.78. The molecular formula is C16H25N3O3S. The highest BCUT2D eigenvalue weighted by molar-refractivity contribution is 7.89. The maximum atomic E-state index is 12.3. The van der Waals surface area contributed by atoms with Crippen molar-refractivity contribution in [3.63, 3.8) is 0 Å². The lowest BCUT2D eigenvalue weighted by Crippen LogP contribution is -2.33. The van der Waals surface area contributed by atoms with Crippen LogP contribution < -0.4 is 10.0 Å². The maximum Gasteiger partial charge on any atom is 0.321 e. The number of anilines is 1. The Labute approximate surface area is 138 Å². The third-order valence-electron chi connectivity index (χ3n) is 3.89. The standard InChI is InChI=1S/C16H25N3O3S/c1-3-6-13(2)18-23(21,22)15-9-7-14(8-10-15)17-16(20)19-11-4-5-12-19/h7-10,13,18H,3-6,11-12H2,1-2H3,(H,17,20)/t13-/m1/s1. The normalized spacial score (nSPS) is 16.3. The van der Waals surface area contributed by atoms with E-state index in [1.165, 1.54) is 12.1 Å². The zero-order valence-electron chi connectivity index (χ0n) is 13.7. The van der Waals surface area contributed by atoms with Gasteiger partial charge in [-0.1, -0.05) is 13.3 Å². The molecule has 0 aliphatic carbocycles. The molecule has 1 fully saturated rings. The van der Waals surface area contributed by atoms with Crippen LogP contribution in [0.2, 0.25) is 0 Å². The largest absolute Gasteiger partial charge is 0.325 e. The van der Waals surface area contributed by atoms with E-state index in [4.69, 9.17) is 0 Å². The number of rotatable bonds is 6. The van der Waals surface area contributed by atoms with Crippen LogP contribution in [0, 0.1) is 0 Å². The van der Waals surface area contributed by atoms with Crippen LogP contribution in [0.3, 0.4) is 0 Å². The SMILES string of the molecule is CCC[C@@H](C)NS(=O)(=O)c1ccc(NC(=O)N2CCCC2)cc1. The molecule has 7 heteroatoms. The van der Waals surface area contributed by atoms with Crippen molar-refractivity contribution in [3.8, 4) is 0 Å². The van der Waals surface area contributed by atoms with Crippen molar-refractivity contribution in [2.75, 3.05) is 18.4 Å². The Bertz CT molecular complexity index is 622. The van der Waals surface area contributed by atoms with E-state index in [2.05, 4.69) is 10.0 Å². The van der Waals surface area contributed by atoms with Crippen LogP contribution in [0.25, 0.3) is 0 Å². The molecule has 6 nitrogen and oxygen atoms in total. The van der Waals surface area contributed by atoms with Gasteiger partial charge in [0.05, 0.1) is 4.90 Å². The van der Waals surface area contributed by atoms with E-state index in [1.54, 1.807) is 17.0 Å².